The number of rotatable bonds is 10. The summed E-state index contributed by atoms with van der Waals surface area (Å²) >= 11 is 0. The molecule has 0 atom stereocenters. The number of nitrogens with zero attached hydrogens (tertiary/aromatic N) is 7. The van der Waals surface area contributed by atoms with E-state index in [0.717, 1.165) is 15.0 Å². The molecule has 0 bridgehead atoms. The van der Waals surface area contributed by atoms with E-state index < -0.39 is 39.7 Å². The van der Waals surface area contributed by atoms with Crippen LogP contribution in [-0.4, -0.2) is 70.8 Å². The van der Waals surface area contributed by atoms with Crippen LogP contribution in [0.25, 0.3) is 22.6 Å². The molecule has 16 heteroatoms. The predicted molar refractivity (Wildman–Crippen MR) is 152 cm³/mol. The Morgan fingerprint density at radius 3 is 2.63 bits per heavy atom. The monoisotopic (exact) mass is 617 g/mol. The van der Waals surface area contributed by atoms with Gasteiger partial charge in [-0.15, -0.1) is 0 Å². The van der Waals surface area contributed by atoms with Gasteiger partial charge in [0.05, 0.1) is 40.7 Å². The van der Waals surface area contributed by atoms with E-state index in [1.807, 2.05) is 0 Å². The Balaban J connectivity index is 1.28. The van der Waals surface area contributed by atoms with Crippen LogP contribution in [0.2, 0.25) is 0 Å². The van der Waals surface area contributed by atoms with Gasteiger partial charge in [-0.25, -0.2) is 36.5 Å². The maximum absolute atomic E-state index is 14.8. The smallest absolute Gasteiger partial charge is 0.257 e. The van der Waals surface area contributed by atoms with E-state index in [1.165, 1.54) is 24.8 Å². The van der Waals surface area contributed by atoms with E-state index in [4.69, 9.17) is 0 Å². The van der Waals surface area contributed by atoms with E-state index in [2.05, 4.69) is 35.8 Å². The van der Waals surface area contributed by atoms with Crippen LogP contribution in [0.5, 0.6) is 0 Å². The van der Waals surface area contributed by atoms with E-state index in [1.54, 1.807) is 19.1 Å². The van der Waals surface area contributed by atoms with Gasteiger partial charge in [-0.3, -0.25) is 4.68 Å². The maximum Gasteiger partial charge on any atom is 0.257 e. The average molecular weight is 618 g/mol. The predicted octanol–water partition coefficient (Wildman–Crippen LogP) is 4.19. The molecule has 2 fully saturated rings. The zero-order valence-corrected chi connectivity index (χ0v) is 24.0. The number of pyridine rings is 1. The van der Waals surface area contributed by atoms with Crippen LogP contribution in [-0.2, 0) is 16.6 Å². The maximum atomic E-state index is 14.8. The lowest BCUT2D eigenvalue weighted by Gasteiger charge is -2.34. The molecule has 2 aliphatic carbocycles. The first kappa shape index (κ1) is 29.0. The second kappa shape index (κ2) is 11.2. The number of hydrogen-bond donors (Lipinski definition) is 3. The summed E-state index contributed by atoms with van der Waals surface area (Å²) in [5, 5.41) is 24.4. The minimum absolute atomic E-state index is 0.0169. The average Bonchev–Trinajstić information content (AvgIpc) is 3.53. The molecule has 0 spiro atoms. The highest BCUT2D eigenvalue weighted by Gasteiger charge is 2.37. The van der Waals surface area contributed by atoms with Gasteiger partial charge < -0.3 is 15.7 Å². The van der Waals surface area contributed by atoms with Gasteiger partial charge >= 0.3 is 0 Å². The van der Waals surface area contributed by atoms with Gasteiger partial charge in [-0.05, 0) is 51.5 Å². The molecule has 4 aromatic heterocycles. The van der Waals surface area contributed by atoms with Crippen LogP contribution < -0.4 is 10.6 Å². The molecular weight excluding hydrogens is 587 g/mol. The van der Waals surface area contributed by atoms with Gasteiger partial charge in [-0.2, -0.15) is 14.3 Å². The van der Waals surface area contributed by atoms with E-state index >= 15 is 0 Å². The zero-order chi connectivity index (χ0) is 30.4. The summed E-state index contributed by atoms with van der Waals surface area (Å²) < 4.78 is 67.7. The first-order valence-electron chi connectivity index (χ1n) is 13.9. The van der Waals surface area contributed by atoms with Crippen molar-refractivity contribution in [1.82, 2.24) is 33.9 Å². The SMILES string of the molecule is CC1(O)CCC(Nc2cc(Nc3nc(-c4cnn(S(=O)(=O)C5CC5)c4)ncc3F)ncc2-c2ccn(CC(F)F)n2)CC1. The van der Waals surface area contributed by atoms with E-state index in [-0.39, 0.29) is 23.5 Å². The fourth-order valence-electron chi connectivity index (χ4n) is 4.99. The summed E-state index contributed by atoms with van der Waals surface area (Å²) in [4.78, 5) is 12.6. The van der Waals surface area contributed by atoms with Gasteiger partial charge in [0.1, 0.15) is 12.4 Å². The van der Waals surface area contributed by atoms with Crippen LogP contribution in [0.3, 0.4) is 0 Å². The molecule has 4 aromatic rings. The number of aromatic nitrogens is 7. The topological polar surface area (TPSA) is 153 Å². The van der Waals surface area contributed by atoms with Crippen molar-refractivity contribution in [3.05, 3.63) is 48.9 Å². The van der Waals surface area contributed by atoms with Crippen molar-refractivity contribution in [2.45, 2.75) is 75.3 Å². The molecule has 0 radical (unpaired) electrons. The molecule has 4 heterocycles. The Kier molecular flexibility index (Phi) is 7.58. The van der Waals surface area contributed by atoms with Crippen LogP contribution in [0.15, 0.2) is 43.1 Å². The second-order valence-electron chi connectivity index (χ2n) is 11.2. The van der Waals surface area contributed by atoms with Crippen molar-refractivity contribution in [3.8, 4) is 22.6 Å². The highest BCUT2D eigenvalue weighted by molar-refractivity contribution is 7.90. The van der Waals surface area contributed by atoms with Gasteiger partial charge in [0, 0.05) is 35.8 Å². The molecule has 0 saturated heterocycles. The molecule has 6 rings (SSSR count). The van der Waals surface area contributed by atoms with Crippen LogP contribution in [0, 0.1) is 5.82 Å². The lowest BCUT2D eigenvalue weighted by atomic mass is 9.83. The van der Waals surface area contributed by atoms with Crippen molar-refractivity contribution < 1.29 is 26.7 Å². The zero-order valence-electron chi connectivity index (χ0n) is 23.2. The lowest BCUT2D eigenvalue weighted by Crippen LogP contribution is -2.35. The second-order valence-corrected chi connectivity index (χ2v) is 13.3. The summed E-state index contributed by atoms with van der Waals surface area (Å²) in [5.74, 6) is -0.655. The Bertz CT molecular complexity index is 1730. The molecule has 12 nitrogen and oxygen atoms in total. The number of hydrogen-bond acceptors (Lipinski definition) is 10. The van der Waals surface area contributed by atoms with Crippen molar-refractivity contribution in [2.24, 2.45) is 0 Å². The van der Waals surface area contributed by atoms with E-state index in [9.17, 15) is 26.7 Å². The fourth-order valence-corrected chi connectivity index (χ4v) is 6.47. The highest BCUT2D eigenvalue weighted by Crippen LogP contribution is 2.35. The molecule has 2 saturated carbocycles. The normalized spacial score (nSPS) is 20.8. The van der Waals surface area contributed by atoms with Crippen LogP contribution in [0.1, 0.15) is 45.4 Å². The summed E-state index contributed by atoms with van der Waals surface area (Å²) in [6, 6.07) is 3.28. The first-order valence-corrected chi connectivity index (χ1v) is 15.4. The molecule has 0 amide bonds. The Labute approximate surface area is 245 Å². The van der Waals surface area contributed by atoms with Crippen molar-refractivity contribution in [2.75, 3.05) is 10.6 Å². The summed E-state index contributed by atoms with van der Waals surface area (Å²) in [6.45, 7) is 1.26. The Morgan fingerprint density at radius 2 is 1.91 bits per heavy atom. The summed E-state index contributed by atoms with van der Waals surface area (Å²) in [7, 11) is -3.59. The molecule has 43 heavy (non-hydrogen) atoms. The number of aliphatic hydroxyl groups is 1. The number of anilines is 3. The number of alkyl halides is 2. The third-order valence-corrected chi connectivity index (χ3v) is 9.62. The summed E-state index contributed by atoms with van der Waals surface area (Å²) in [5.41, 5.74) is 1.14. The highest BCUT2D eigenvalue weighted by atomic mass is 32.2. The van der Waals surface area contributed by atoms with Crippen molar-refractivity contribution in [1.29, 1.82) is 0 Å². The summed E-state index contributed by atoms with van der Waals surface area (Å²) in [6.07, 6.45) is 7.76. The molecule has 2 aliphatic rings. The molecule has 0 unspecified atom stereocenters. The fraction of sp³-hybridized carbons (Fsp3) is 0.444. The number of nitrogens with one attached hydrogen (secondary N) is 2. The first-order chi connectivity index (χ1) is 20.5. The molecule has 228 valence electrons. The van der Waals surface area contributed by atoms with E-state index in [0.29, 0.717) is 61.0 Å². The molecule has 3 N–H and O–H groups in total. The van der Waals surface area contributed by atoms with Crippen molar-refractivity contribution >= 4 is 27.3 Å². The van der Waals surface area contributed by atoms with Gasteiger partial charge in [0.25, 0.3) is 16.4 Å². The molecular formula is C27H30F3N9O3S. The third kappa shape index (κ3) is 6.49. The minimum atomic E-state index is -3.59. The Morgan fingerprint density at radius 1 is 1.14 bits per heavy atom. The van der Waals surface area contributed by atoms with Gasteiger partial charge in [0.2, 0.25) is 0 Å². The largest absolute Gasteiger partial charge is 0.390 e. The van der Waals surface area contributed by atoms with Crippen LogP contribution in [0.4, 0.5) is 30.5 Å². The quantitative estimate of drug-likeness (QED) is 0.236. The Hall–Kier alpha value is -4.05. The van der Waals surface area contributed by atoms with Gasteiger partial charge in [0.15, 0.2) is 17.5 Å². The molecule has 0 aliphatic heterocycles. The van der Waals surface area contributed by atoms with Crippen LogP contribution >= 0.6 is 0 Å². The lowest BCUT2D eigenvalue weighted by molar-refractivity contribution is 0.0196. The number of halogens is 3. The minimum Gasteiger partial charge on any atom is -0.390 e. The van der Waals surface area contributed by atoms with Crippen molar-refractivity contribution in [3.63, 3.8) is 0 Å². The third-order valence-electron chi connectivity index (χ3n) is 7.58. The standard InChI is InChI=1S/C27H30F3N9O3S/c1-27(40)7-4-17(5-8-27)34-22-10-24(31-12-19(22)21-6-9-38(37-21)15-23(29)30)35-26-20(28)13-32-25(36-26)16-11-33-39(14-16)43(41,42)18-2-3-18/h6,9-14,17-18,23,40H,2-5,7-8,15H2,1H3,(H2,31,32,34,35,36). The van der Waals surface area contributed by atoms with Gasteiger partial charge in [-0.1, -0.05) is 0 Å². The molecule has 0 aromatic carbocycles.